The summed E-state index contributed by atoms with van der Waals surface area (Å²) in [5.41, 5.74) is 0.709. The summed E-state index contributed by atoms with van der Waals surface area (Å²) >= 11 is 0. The number of aryl methyl sites for hydroxylation is 1. The average Bonchev–Trinajstić information content (AvgIpc) is 3.11. The molecule has 1 aromatic rings. The minimum atomic E-state index is -0.638. The van der Waals surface area contributed by atoms with Gasteiger partial charge in [-0.3, -0.25) is 4.79 Å². The van der Waals surface area contributed by atoms with E-state index in [-0.39, 0.29) is 25.0 Å². The Kier molecular flexibility index (Phi) is 5.32. The van der Waals surface area contributed by atoms with E-state index in [1.54, 1.807) is 20.1 Å². The van der Waals surface area contributed by atoms with E-state index in [0.717, 1.165) is 0 Å². The van der Waals surface area contributed by atoms with E-state index in [1.165, 1.54) is 11.0 Å². The Labute approximate surface area is 128 Å². The third-order valence-corrected chi connectivity index (χ3v) is 3.53. The van der Waals surface area contributed by atoms with E-state index in [4.69, 9.17) is 14.0 Å². The van der Waals surface area contributed by atoms with Gasteiger partial charge in [0, 0.05) is 26.1 Å². The van der Waals surface area contributed by atoms with Crippen LogP contribution in [0.5, 0.6) is 0 Å². The number of hydrogen-bond acceptors (Lipinski definition) is 6. The van der Waals surface area contributed by atoms with Gasteiger partial charge in [-0.15, -0.1) is 0 Å². The molecule has 2 atom stereocenters. The Morgan fingerprint density at radius 1 is 1.59 bits per heavy atom. The number of methoxy groups -OCH3 is 1. The van der Waals surface area contributed by atoms with Gasteiger partial charge in [-0.25, -0.2) is 4.79 Å². The molecule has 0 unspecified atom stereocenters. The lowest BCUT2D eigenvalue weighted by Crippen LogP contribution is -2.42. The number of carbonyl (C=O) groups is 2. The molecule has 7 heteroatoms. The Morgan fingerprint density at radius 3 is 2.95 bits per heavy atom. The highest BCUT2D eigenvalue weighted by Gasteiger charge is 2.40. The van der Waals surface area contributed by atoms with Crippen LogP contribution in [0.15, 0.2) is 23.2 Å². The lowest BCUT2D eigenvalue weighted by Gasteiger charge is -2.22. The maximum Gasteiger partial charge on any atom is 0.329 e. The maximum absolute atomic E-state index is 12.4. The second-order valence-corrected chi connectivity index (χ2v) is 5.19. The molecule has 1 aliphatic rings. The molecule has 2 heterocycles. The van der Waals surface area contributed by atoms with Crippen LogP contribution in [0.1, 0.15) is 17.9 Å². The standard InChI is InChI=1S/C15H20N2O5/c1-4-5-21-15(19)13-7-12(20-3)9-17(13)14(18)8-11-6-10(2)16-22-11/h4,6,12-13H,1,5,7-9H2,2-3H3/t12-,13+/m1/s1. The van der Waals surface area contributed by atoms with E-state index in [2.05, 4.69) is 11.7 Å². The van der Waals surface area contributed by atoms with Crippen LogP contribution in [0.25, 0.3) is 0 Å². The van der Waals surface area contributed by atoms with Gasteiger partial charge in [0.05, 0.1) is 18.2 Å². The van der Waals surface area contributed by atoms with Gasteiger partial charge in [-0.1, -0.05) is 17.8 Å². The van der Waals surface area contributed by atoms with Crippen molar-refractivity contribution in [1.82, 2.24) is 10.1 Å². The fourth-order valence-electron chi connectivity index (χ4n) is 2.45. The molecule has 1 saturated heterocycles. The van der Waals surface area contributed by atoms with E-state index in [9.17, 15) is 9.59 Å². The van der Waals surface area contributed by atoms with Gasteiger partial charge in [0.15, 0.2) is 0 Å². The van der Waals surface area contributed by atoms with Crippen molar-refractivity contribution in [3.8, 4) is 0 Å². The Balaban J connectivity index is 2.05. The highest BCUT2D eigenvalue weighted by Crippen LogP contribution is 2.22. The minimum absolute atomic E-state index is 0.0580. The molecular formula is C15H20N2O5. The lowest BCUT2D eigenvalue weighted by molar-refractivity contribution is -0.152. The molecule has 0 saturated carbocycles. The van der Waals surface area contributed by atoms with E-state index in [0.29, 0.717) is 24.4 Å². The van der Waals surface area contributed by atoms with Gasteiger partial charge in [-0.2, -0.15) is 0 Å². The van der Waals surface area contributed by atoms with Gasteiger partial charge >= 0.3 is 5.97 Å². The van der Waals surface area contributed by atoms with Gasteiger partial charge < -0.3 is 18.9 Å². The first-order chi connectivity index (χ1) is 10.5. The number of esters is 1. The van der Waals surface area contributed by atoms with Crippen molar-refractivity contribution in [1.29, 1.82) is 0 Å². The Bertz CT molecular complexity index is 554. The van der Waals surface area contributed by atoms with Crippen molar-refractivity contribution in [2.24, 2.45) is 0 Å². The van der Waals surface area contributed by atoms with E-state index >= 15 is 0 Å². The molecule has 1 aliphatic heterocycles. The second-order valence-electron chi connectivity index (χ2n) is 5.19. The largest absolute Gasteiger partial charge is 0.460 e. The number of hydrogen-bond donors (Lipinski definition) is 0. The number of nitrogens with zero attached hydrogens (tertiary/aromatic N) is 2. The molecule has 1 fully saturated rings. The summed E-state index contributed by atoms with van der Waals surface area (Å²) < 4.78 is 15.4. The average molecular weight is 308 g/mol. The highest BCUT2D eigenvalue weighted by molar-refractivity contribution is 5.86. The molecule has 2 rings (SSSR count). The van der Waals surface area contributed by atoms with Crippen LogP contribution < -0.4 is 0 Å². The molecule has 0 bridgehead atoms. The van der Waals surface area contributed by atoms with Gasteiger partial charge in [0.1, 0.15) is 18.4 Å². The summed E-state index contributed by atoms with van der Waals surface area (Å²) in [5.74, 6) is -0.181. The number of amides is 1. The van der Waals surface area contributed by atoms with Crippen molar-refractivity contribution < 1.29 is 23.6 Å². The summed E-state index contributed by atoms with van der Waals surface area (Å²) in [6, 6.07) is 1.06. The van der Waals surface area contributed by atoms with Crippen molar-refractivity contribution in [3.63, 3.8) is 0 Å². The molecule has 0 aliphatic carbocycles. The summed E-state index contributed by atoms with van der Waals surface area (Å²) in [7, 11) is 1.56. The van der Waals surface area contributed by atoms with Gasteiger partial charge in [-0.05, 0) is 6.92 Å². The summed E-state index contributed by atoms with van der Waals surface area (Å²) in [4.78, 5) is 26.0. The van der Waals surface area contributed by atoms with Crippen LogP contribution in [0.2, 0.25) is 0 Å². The molecule has 0 aromatic carbocycles. The van der Waals surface area contributed by atoms with E-state index in [1.807, 2.05) is 0 Å². The van der Waals surface area contributed by atoms with Crippen LogP contribution in [0.3, 0.4) is 0 Å². The zero-order chi connectivity index (χ0) is 16.1. The third-order valence-electron chi connectivity index (χ3n) is 3.53. The molecule has 7 nitrogen and oxygen atoms in total. The predicted molar refractivity (Wildman–Crippen MR) is 77.0 cm³/mol. The molecule has 120 valence electrons. The molecule has 0 N–H and O–H groups in total. The zero-order valence-electron chi connectivity index (χ0n) is 12.8. The molecular weight excluding hydrogens is 288 g/mol. The minimum Gasteiger partial charge on any atom is -0.460 e. The van der Waals surface area contributed by atoms with Crippen LogP contribution >= 0.6 is 0 Å². The molecule has 1 aromatic heterocycles. The first kappa shape index (κ1) is 16.2. The monoisotopic (exact) mass is 308 g/mol. The quantitative estimate of drug-likeness (QED) is 0.573. The molecule has 0 spiro atoms. The smallest absolute Gasteiger partial charge is 0.329 e. The third kappa shape index (κ3) is 3.73. The topological polar surface area (TPSA) is 81.9 Å². The van der Waals surface area contributed by atoms with Crippen molar-refractivity contribution in [3.05, 3.63) is 30.2 Å². The number of ether oxygens (including phenoxy) is 2. The number of carbonyl (C=O) groups excluding carboxylic acids is 2. The highest BCUT2D eigenvalue weighted by atomic mass is 16.5. The van der Waals surface area contributed by atoms with Gasteiger partial charge in [0.25, 0.3) is 0 Å². The van der Waals surface area contributed by atoms with Crippen molar-refractivity contribution >= 4 is 11.9 Å². The zero-order valence-corrected chi connectivity index (χ0v) is 12.8. The lowest BCUT2D eigenvalue weighted by atomic mass is 10.2. The first-order valence-corrected chi connectivity index (χ1v) is 7.07. The first-order valence-electron chi connectivity index (χ1n) is 7.07. The predicted octanol–water partition coefficient (Wildman–Crippen LogP) is 0.871. The maximum atomic E-state index is 12.4. The summed E-state index contributed by atoms with van der Waals surface area (Å²) in [6.45, 7) is 5.76. The van der Waals surface area contributed by atoms with E-state index < -0.39 is 12.0 Å². The van der Waals surface area contributed by atoms with Crippen molar-refractivity contribution in [2.75, 3.05) is 20.3 Å². The molecule has 1 amide bonds. The van der Waals surface area contributed by atoms with Crippen LogP contribution in [-0.4, -0.2) is 54.3 Å². The Morgan fingerprint density at radius 2 is 2.36 bits per heavy atom. The summed E-state index contributed by atoms with van der Waals surface area (Å²) in [5, 5.41) is 3.75. The molecule has 22 heavy (non-hydrogen) atoms. The van der Waals surface area contributed by atoms with Crippen LogP contribution in [0.4, 0.5) is 0 Å². The van der Waals surface area contributed by atoms with Crippen LogP contribution in [0, 0.1) is 6.92 Å². The normalized spacial score (nSPS) is 20.9. The van der Waals surface area contributed by atoms with Crippen molar-refractivity contribution in [2.45, 2.75) is 31.9 Å². The number of aromatic nitrogens is 1. The fourth-order valence-corrected chi connectivity index (χ4v) is 2.45. The molecule has 0 radical (unpaired) electrons. The number of rotatable bonds is 6. The summed E-state index contributed by atoms with van der Waals surface area (Å²) in [6.07, 6.45) is 1.79. The van der Waals surface area contributed by atoms with Crippen LogP contribution in [-0.2, 0) is 25.5 Å². The number of likely N-dealkylation sites (tertiary alicyclic amines) is 1. The SMILES string of the molecule is C=CCOC(=O)[C@@H]1C[C@@H](OC)CN1C(=O)Cc1cc(C)no1. The second kappa shape index (κ2) is 7.22. The fraction of sp³-hybridized carbons (Fsp3) is 0.533. The van der Waals surface area contributed by atoms with Gasteiger partial charge in [0.2, 0.25) is 5.91 Å². The Hall–Kier alpha value is -2.15.